The van der Waals surface area contributed by atoms with Crippen molar-refractivity contribution < 1.29 is 9.13 Å². The van der Waals surface area contributed by atoms with Gasteiger partial charge in [0.2, 0.25) is 0 Å². The molecule has 1 aliphatic rings. The third-order valence-corrected chi connectivity index (χ3v) is 5.31. The molecule has 0 saturated carbocycles. The Hall–Kier alpha value is -1.15. The molecule has 0 bridgehead atoms. The molecular weight excluding hydrogens is 363 g/mol. The molecule has 0 amide bonds. The van der Waals surface area contributed by atoms with Gasteiger partial charge in [-0.15, -0.1) is 10.2 Å². The fraction of sp³-hybridized carbons (Fsp3) is 0.529. The van der Waals surface area contributed by atoms with Gasteiger partial charge in [0.15, 0.2) is 5.16 Å². The minimum absolute atomic E-state index is 0.215. The number of nitrogens with zero attached hydrogens (tertiary/aromatic N) is 4. The molecule has 2 aromatic rings. The second-order valence-corrected chi connectivity index (χ2v) is 7.40. The number of halogens is 2. The third kappa shape index (κ3) is 4.53. The lowest BCUT2D eigenvalue weighted by Crippen LogP contribution is -2.23. The number of ether oxygens (including phenoxy) is 1. The first kappa shape index (κ1) is 18.6. The van der Waals surface area contributed by atoms with Gasteiger partial charge < -0.3 is 9.30 Å². The lowest BCUT2D eigenvalue weighted by atomic mass is 10.2. The van der Waals surface area contributed by atoms with E-state index in [0.29, 0.717) is 23.7 Å². The molecule has 1 aromatic carbocycles. The Kier molecular flexibility index (Phi) is 6.33. The van der Waals surface area contributed by atoms with Crippen LogP contribution >= 0.6 is 23.4 Å². The highest BCUT2D eigenvalue weighted by Crippen LogP contribution is 2.23. The predicted molar refractivity (Wildman–Crippen MR) is 97.4 cm³/mol. The van der Waals surface area contributed by atoms with E-state index in [4.69, 9.17) is 16.3 Å². The number of benzene rings is 1. The summed E-state index contributed by atoms with van der Waals surface area (Å²) in [7, 11) is 1.92. The van der Waals surface area contributed by atoms with Crippen molar-refractivity contribution in [3.8, 4) is 0 Å². The maximum absolute atomic E-state index is 14.0. The zero-order chi connectivity index (χ0) is 17.8. The van der Waals surface area contributed by atoms with E-state index in [1.165, 1.54) is 6.07 Å². The summed E-state index contributed by atoms with van der Waals surface area (Å²) in [4.78, 5) is 1.99. The summed E-state index contributed by atoms with van der Waals surface area (Å²) < 4.78 is 21.9. The van der Waals surface area contributed by atoms with E-state index in [9.17, 15) is 4.39 Å². The van der Waals surface area contributed by atoms with Gasteiger partial charge >= 0.3 is 0 Å². The van der Waals surface area contributed by atoms with E-state index in [2.05, 4.69) is 14.8 Å². The van der Waals surface area contributed by atoms with Crippen LogP contribution in [0.2, 0.25) is 5.02 Å². The SMILES string of the molecule is CSc1nnc(CN(C)Cc2c(F)cccc2Cl)n1C[C@@H]1CCCO1. The number of aromatic nitrogens is 3. The van der Waals surface area contributed by atoms with E-state index < -0.39 is 0 Å². The molecule has 1 fully saturated rings. The number of rotatable bonds is 7. The van der Waals surface area contributed by atoms with Gasteiger partial charge in [0.1, 0.15) is 11.6 Å². The highest BCUT2D eigenvalue weighted by atomic mass is 35.5. The van der Waals surface area contributed by atoms with E-state index in [1.807, 2.05) is 18.2 Å². The second kappa shape index (κ2) is 8.49. The molecule has 0 unspecified atom stereocenters. The van der Waals surface area contributed by atoms with Gasteiger partial charge in [-0.1, -0.05) is 29.4 Å². The molecular formula is C17H22ClFN4OS. The van der Waals surface area contributed by atoms with E-state index >= 15 is 0 Å². The van der Waals surface area contributed by atoms with Crippen LogP contribution in [0.5, 0.6) is 0 Å². The van der Waals surface area contributed by atoms with Crippen molar-refractivity contribution in [2.75, 3.05) is 19.9 Å². The van der Waals surface area contributed by atoms with Crippen molar-refractivity contribution in [2.45, 2.75) is 43.7 Å². The van der Waals surface area contributed by atoms with Crippen molar-refractivity contribution in [3.63, 3.8) is 0 Å². The smallest absolute Gasteiger partial charge is 0.191 e. The molecule has 1 aliphatic heterocycles. The van der Waals surface area contributed by atoms with Gasteiger partial charge in [-0.3, -0.25) is 4.90 Å². The van der Waals surface area contributed by atoms with Gasteiger partial charge in [-0.25, -0.2) is 4.39 Å². The van der Waals surface area contributed by atoms with Gasteiger partial charge in [-0.2, -0.15) is 0 Å². The summed E-state index contributed by atoms with van der Waals surface area (Å²) in [6.45, 7) is 2.55. The van der Waals surface area contributed by atoms with E-state index in [-0.39, 0.29) is 11.9 Å². The average molecular weight is 385 g/mol. The molecule has 0 aliphatic carbocycles. The van der Waals surface area contributed by atoms with Crippen LogP contribution in [-0.2, 0) is 24.4 Å². The Balaban J connectivity index is 1.72. The van der Waals surface area contributed by atoms with Crippen molar-refractivity contribution in [1.82, 2.24) is 19.7 Å². The minimum Gasteiger partial charge on any atom is -0.376 e. The molecule has 0 spiro atoms. The summed E-state index contributed by atoms with van der Waals surface area (Å²) in [6, 6.07) is 4.75. The first-order valence-corrected chi connectivity index (χ1v) is 9.88. The normalized spacial score (nSPS) is 17.6. The summed E-state index contributed by atoms with van der Waals surface area (Å²) in [5.74, 6) is 0.569. The molecule has 1 saturated heterocycles. The van der Waals surface area contributed by atoms with Crippen LogP contribution in [0.4, 0.5) is 4.39 Å². The molecule has 3 rings (SSSR count). The zero-order valence-electron chi connectivity index (χ0n) is 14.4. The topological polar surface area (TPSA) is 43.2 Å². The Morgan fingerprint density at radius 2 is 2.24 bits per heavy atom. The number of thioether (sulfide) groups is 1. The largest absolute Gasteiger partial charge is 0.376 e. The molecule has 0 N–H and O–H groups in total. The highest BCUT2D eigenvalue weighted by molar-refractivity contribution is 7.98. The molecule has 0 radical (unpaired) electrons. The van der Waals surface area contributed by atoms with Crippen LogP contribution in [0, 0.1) is 5.82 Å². The van der Waals surface area contributed by atoms with Gasteiger partial charge in [-0.05, 0) is 38.3 Å². The lowest BCUT2D eigenvalue weighted by molar-refractivity contribution is 0.0934. The van der Waals surface area contributed by atoms with Crippen LogP contribution in [0.1, 0.15) is 24.2 Å². The van der Waals surface area contributed by atoms with Crippen LogP contribution in [0.3, 0.4) is 0 Å². The van der Waals surface area contributed by atoms with Crippen molar-refractivity contribution in [1.29, 1.82) is 0 Å². The van der Waals surface area contributed by atoms with E-state index in [1.54, 1.807) is 23.9 Å². The van der Waals surface area contributed by atoms with Gasteiger partial charge in [0.25, 0.3) is 0 Å². The summed E-state index contributed by atoms with van der Waals surface area (Å²) >= 11 is 7.70. The monoisotopic (exact) mass is 384 g/mol. The summed E-state index contributed by atoms with van der Waals surface area (Å²) in [5, 5.41) is 9.91. The van der Waals surface area contributed by atoms with Crippen LogP contribution in [0.15, 0.2) is 23.4 Å². The summed E-state index contributed by atoms with van der Waals surface area (Å²) in [6.07, 6.45) is 4.36. The molecule has 1 atom stereocenters. The zero-order valence-corrected chi connectivity index (χ0v) is 16.0. The number of hydrogen-bond acceptors (Lipinski definition) is 5. The second-order valence-electron chi connectivity index (χ2n) is 6.22. The maximum atomic E-state index is 14.0. The molecule has 2 heterocycles. The van der Waals surface area contributed by atoms with Crippen molar-refractivity contribution in [3.05, 3.63) is 40.4 Å². The minimum atomic E-state index is -0.287. The molecule has 25 heavy (non-hydrogen) atoms. The Morgan fingerprint density at radius 1 is 1.40 bits per heavy atom. The van der Waals surface area contributed by atoms with Crippen LogP contribution < -0.4 is 0 Å². The van der Waals surface area contributed by atoms with Gasteiger partial charge in [0, 0.05) is 23.7 Å². The standard InChI is InChI=1S/C17H22ClFN4OS/c1-22(10-13-14(18)6-3-7-15(13)19)11-16-20-21-17(25-2)23(16)9-12-5-4-8-24-12/h3,6-7,12H,4-5,8-11H2,1-2H3/t12-/m0/s1. The fourth-order valence-electron chi connectivity index (χ4n) is 3.01. The Labute approximate surface area is 156 Å². The first-order chi connectivity index (χ1) is 12.1. The Bertz CT molecular complexity index is 700. The van der Waals surface area contributed by atoms with Crippen LogP contribution in [0.25, 0.3) is 0 Å². The molecule has 136 valence electrons. The number of hydrogen-bond donors (Lipinski definition) is 0. The summed E-state index contributed by atoms with van der Waals surface area (Å²) in [5.41, 5.74) is 0.502. The average Bonchev–Trinajstić information content (AvgIpc) is 3.22. The molecule has 8 heteroatoms. The lowest BCUT2D eigenvalue weighted by Gasteiger charge is -2.19. The van der Waals surface area contributed by atoms with Crippen LogP contribution in [-0.4, -0.2) is 45.7 Å². The quantitative estimate of drug-likeness (QED) is 0.682. The van der Waals surface area contributed by atoms with Crippen molar-refractivity contribution >= 4 is 23.4 Å². The molecule has 1 aromatic heterocycles. The van der Waals surface area contributed by atoms with Crippen molar-refractivity contribution in [2.24, 2.45) is 0 Å². The third-order valence-electron chi connectivity index (χ3n) is 4.29. The highest BCUT2D eigenvalue weighted by Gasteiger charge is 2.21. The Morgan fingerprint density at radius 3 is 2.92 bits per heavy atom. The fourth-order valence-corrected chi connectivity index (χ4v) is 3.76. The van der Waals surface area contributed by atoms with E-state index in [0.717, 1.165) is 37.0 Å². The predicted octanol–water partition coefficient (Wildman–Crippen LogP) is 3.60. The molecule has 5 nitrogen and oxygen atoms in total. The van der Waals surface area contributed by atoms with Gasteiger partial charge in [0.05, 0.1) is 19.2 Å². The first-order valence-electron chi connectivity index (χ1n) is 8.27. The maximum Gasteiger partial charge on any atom is 0.191 e.